The maximum absolute atomic E-state index is 12.6. The predicted molar refractivity (Wildman–Crippen MR) is 80.8 cm³/mol. The number of hydrogen-bond donors (Lipinski definition) is 2. The highest BCUT2D eigenvalue weighted by molar-refractivity contribution is 7.80. The summed E-state index contributed by atoms with van der Waals surface area (Å²) >= 11 is 4.91. The molecule has 3 rings (SSSR count). The van der Waals surface area contributed by atoms with Gasteiger partial charge in [0.1, 0.15) is 10.8 Å². The molecule has 1 fully saturated rings. The fourth-order valence-electron chi connectivity index (χ4n) is 2.44. The van der Waals surface area contributed by atoms with Gasteiger partial charge >= 0.3 is 0 Å². The molecule has 2 amide bonds. The molecule has 7 heteroatoms. The van der Waals surface area contributed by atoms with E-state index in [1.165, 1.54) is 6.20 Å². The van der Waals surface area contributed by atoms with Crippen molar-refractivity contribution in [3.8, 4) is 0 Å². The van der Waals surface area contributed by atoms with Crippen molar-refractivity contribution in [3.63, 3.8) is 0 Å². The molecule has 0 radical (unpaired) electrons. The lowest BCUT2D eigenvalue weighted by atomic mass is 9.98. The first-order valence-corrected chi connectivity index (χ1v) is 6.75. The zero-order chi connectivity index (χ0) is 15.0. The maximum atomic E-state index is 12.6. The van der Waals surface area contributed by atoms with E-state index in [4.69, 9.17) is 18.0 Å². The number of nitrogens with two attached hydrogens (primary N) is 1. The van der Waals surface area contributed by atoms with Crippen LogP contribution < -0.4 is 10.6 Å². The Kier molecular flexibility index (Phi) is 3.26. The van der Waals surface area contributed by atoms with Crippen LogP contribution in [0.5, 0.6) is 0 Å². The number of H-pyrrole nitrogens is 1. The molecule has 2 heterocycles. The zero-order valence-corrected chi connectivity index (χ0v) is 11.8. The smallest absolute Gasteiger partial charge is 0.243 e. The van der Waals surface area contributed by atoms with Gasteiger partial charge in [-0.1, -0.05) is 42.5 Å². The Labute approximate surface area is 125 Å². The highest BCUT2D eigenvalue weighted by Crippen LogP contribution is 2.33. The number of amides is 2. The van der Waals surface area contributed by atoms with Crippen molar-refractivity contribution in [2.45, 2.75) is 12.3 Å². The van der Waals surface area contributed by atoms with Crippen molar-refractivity contribution in [1.82, 2.24) is 10.2 Å². The fourth-order valence-corrected chi connectivity index (χ4v) is 2.59. The largest absolute Gasteiger partial charge is 0.389 e. The minimum absolute atomic E-state index is 0.0857. The molecule has 1 aromatic carbocycles. The van der Waals surface area contributed by atoms with E-state index < -0.39 is 5.92 Å². The fraction of sp³-hybridized carbons (Fsp3) is 0.143. The molecular formula is C14H12N4O2S. The van der Waals surface area contributed by atoms with Crippen LogP contribution in [-0.2, 0) is 9.59 Å². The van der Waals surface area contributed by atoms with E-state index in [0.717, 1.165) is 10.5 Å². The van der Waals surface area contributed by atoms with E-state index in [9.17, 15) is 9.59 Å². The van der Waals surface area contributed by atoms with E-state index in [-0.39, 0.29) is 29.0 Å². The standard InChI is InChI=1S/C14H12N4O2S/c15-12(21)10-7-16-17-13(10)18-11(19)6-9(14(18)20)8-4-2-1-3-5-8/h1-5,7,9H,6H2,(H2,15,21)(H,16,17). The third kappa shape index (κ3) is 2.21. The topological polar surface area (TPSA) is 92.1 Å². The molecule has 1 atom stereocenters. The van der Waals surface area contributed by atoms with Gasteiger partial charge in [-0.25, -0.2) is 4.90 Å². The van der Waals surface area contributed by atoms with Gasteiger partial charge in [-0.2, -0.15) is 5.10 Å². The number of hydrogen-bond acceptors (Lipinski definition) is 4. The highest BCUT2D eigenvalue weighted by atomic mass is 32.1. The van der Waals surface area contributed by atoms with Gasteiger partial charge in [0.25, 0.3) is 0 Å². The average molecular weight is 300 g/mol. The van der Waals surface area contributed by atoms with Crippen LogP contribution in [0.3, 0.4) is 0 Å². The number of carbonyl (C=O) groups excluding carboxylic acids is 2. The second-order valence-electron chi connectivity index (χ2n) is 4.73. The van der Waals surface area contributed by atoms with Gasteiger partial charge in [0, 0.05) is 6.42 Å². The van der Waals surface area contributed by atoms with Crippen molar-refractivity contribution < 1.29 is 9.59 Å². The van der Waals surface area contributed by atoms with E-state index >= 15 is 0 Å². The Morgan fingerprint density at radius 3 is 2.71 bits per heavy atom. The first-order valence-electron chi connectivity index (χ1n) is 6.34. The van der Waals surface area contributed by atoms with Gasteiger partial charge in [-0.05, 0) is 5.56 Å². The number of carbonyl (C=O) groups is 2. The van der Waals surface area contributed by atoms with Gasteiger partial charge < -0.3 is 5.73 Å². The Bertz CT molecular complexity index is 726. The number of aromatic amines is 1. The minimum atomic E-state index is -0.485. The molecule has 0 aliphatic carbocycles. The summed E-state index contributed by atoms with van der Waals surface area (Å²) in [6, 6.07) is 9.21. The minimum Gasteiger partial charge on any atom is -0.389 e. The molecule has 1 aromatic heterocycles. The Morgan fingerprint density at radius 2 is 2.05 bits per heavy atom. The molecule has 3 N–H and O–H groups in total. The quantitative estimate of drug-likeness (QED) is 0.654. The van der Waals surface area contributed by atoms with Crippen LogP contribution in [0.1, 0.15) is 23.5 Å². The second kappa shape index (κ2) is 5.10. The Balaban J connectivity index is 1.98. The molecule has 1 saturated heterocycles. The third-order valence-electron chi connectivity index (χ3n) is 3.46. The van der Waals surface area contributed by atoms with Crippen molar-refractivity contribution in [3.05, 3.63) is 47.7 Å². The summed E-state index contributed by atoms with van der Waals surface area (Å²) in [6.45, 7) is 0. The molecule has 0 bridgehead atoms. The molecule has 1 aliphatic rings. The molecule has 0 spiro atoms. The predicted octanol–water partition coefficient (Wildman–Crippen LogP) is 1.09. The first-order chi connectivity index (χ1) is 10.1. The highest BCUT2D eigenvalue weighted by Gasteiger charge is 2.42. The third-order valence-corrected chi connectivity index (χ3v) is 3.68. The van der Waals surface area contributed by atoms with E-state index in [1.807, 2.05) is 30.3 Å². The Morgan fingerprint density at radius 1 is 1.33 bits per heavy atom. The van der Waals surface area contributed by atoms with E-state index in [2.05, 4.69) is 10.2 Å². The number of anilines is 1. The van der Waals surface area contributed by atoms with Crippen LogP contribution in [0.2, 0.25) is 0 Å². The summed E-state index contributed by atoms with van der Waals surface area (Å²) in [5, 5.41) is 6.44. The van der Waals surface area contributed by atoms with Crippen molar-refractivity contribution >= 4 is 34.8 Å². The van der Waals surface area contributed by atoms with Crippen LogP contribution in [0.25, 0.3) is 0 Å². The van der Waals surface area contributed by atoms with Crippen LogP contribution in [-0.4, -0.2) is 27.0 Å². The van der Waals surface area contributed by atoms with Gasteiger partial charge in [0.2, 0.25) is 11.8 Å². The average Bonchev–Trinajstić information content (AvgIpc) is 3.04. The number of imide groups is 1. The molecule has 2 aromatic rings. The number of thiocarbonyl (C=S) groups is 1. The Hall–Kier alpha value is -2.54. The lowest BCUT2D eigenvalue weighted by molar-refractivity contribution is -0.121. The lowest BCUT2D eigenvalue weighted by Crippen LogP contribution is -2.32. The summed E-state index contributed by atoms with van der Waals surface area (Å²) in [6.07, 6.45) is 1.53. The number of nitrogens with zero attached hydrogens (tertiary/aromatic N) is 2. The van der Waals surface area contributed by atoms with Crippen LogP contribution in [0, 0.1) is 0 Å². The number of aromatic nitrogens is 2. The summed E-state index contributed by atoms with van der Waals surface area (Å²) in [5.74, 6) is -0.833. The lowest BCUT2D eigenvalue weighted by Gasteiger charge is -2.14. The van der Waals surface area contributed by atoms with Crippen molar-refractivity contribution in [2.24, 2.45) is 5.73 Å². The molecular weight excluding hydrogens is 288 g/mol. The number of rotatable bonds is 3. The summed E-state index contributed by atoms with van der Waals surface area (Å²) < 4.78 is 0. The molecule has 1 aliphatic heterocycles. The van der Waals surface area contributed by atoms with Gasteiger partial charge in [0.15, 0.2) is 0 Å². The SMILES string of the molecule is NC(=S)c1cn[nH]c1N1C(=O)CC(c2ccccc2)C1=O. The normalized spacial score (nSPS) is 18.3. The molecule has 106 valence electrons. The van der Waals surface area contributed by atoms with Gasteiger partial charge in [-0.15, -0.1) is 0 Å². The van der Waals surface area contributed by atoms with Crippen molar-refractivity contribution in [2.75, 3.05) is 4.90 Å². The molecule has 1 unspecified atom stereocenters. The maximum Gasteiger partial charge on any atom is 0.243 e. The van der Waals surface area contributed by atoms with Crippen molar-refractivity contribution in [1.29, 1.82) is 0 Å². The molecule has 6 nitrogen and oxygen atoms in total. The number of nitrogens with one attached hydrogen (secondary N) is 1. The van der Waals surface area contributed by atoms with Gasteiger partial charge in [-0.3, -0.25) is 14.7 Å². The van der Waals surface area contributed by atoms with E-state index in [0.29, 0.717) is 5.56 Å². The second-order valence-corrected chi connectivity index (χ2v) is 5.17. The summed E-state index contributed by atoms with van der Waals surface area (Å²) in [7, 11) is 0. The number of benzene rings is 1. The summed E-state index contributed by atoms with van der Waals surface area (Å²) in [4.78, 5) is 25.9. The molecule has 0 saturated carbocycles. The van der Waals surface area contributed by atoms with Crippen LogP contribution >= 0.6 is 12.2 Å². The monoisotopic (exact) mass is 300 g/mol. The molecule has 21 heavy (non-hydrogen) atoms. The van der Waals surface area contributed by atoms with Crippen LogP contribution in [0.15, 0.2) is 36.5 Å². The first kappa shape index (κ1) is 13.4. The zero-order valence-electron chi connectivity index (χ0n) is 10.9. The summed E-state index contributed by atoms with van der Waals surface area (Å²) in [5.41, 5.74) is 6.79. The van der Waals surface area contributed by atoms with Crippen LogP contribution in [0.4, 0.5) is 5.82 Å². The van der Waals surface area contributed by atoms with Gasteiger partial charge in [0.05, 0.1) is 17.7 Å². The van der Waals surface area contributed by atoms with E-state index in [1.54, 1.807) is 0 Å².